The van der Waals surface area contributed by atoms with Gasteiger partial charge in [0.25, 0.3) is 0 Å². The van der Waals surface area contributed by atoms with E-state index in [9.17, 15) is 26.4 Å². The van der Waals surface area contributed by atoms with E-state index in [-0.39, 0.29) is 17.3 Å². The number of hydrogen-bond acceptors (Lipinski definition) is 4. The molecule has 0 unspecified atom stereocenters. The van der Waals surface area contributed by atoms with Crippen molar-refractivity contribution in [1.29, 1.82) is 0 Å². The number of carbonyl (C=O) groups is 1. The number of carbonyl (C=O) groups excluding carboxylic acids is 1. The van der Waals surface area contributed by atoms with E-state index in [1.54, 1.807) is 24.3 Å². The second kappa shape index (κ2) is 10.0. The molecule has 1 N–H and O–H groups in total. The van der Waals surface area contributed by atoms with Crippen molar-refractivity contribution >= 4 is 15.9 Å². The summed E-state index contributed by atoms with van der Waals surface area (Å²) in [6, 6.07) is 11.6. The number of halogens is 3. The lowest BCUT2D eigenvalue weighted by Gasteiger charge is -2.33. The van der Waals surface area contributed by atoms with Crippen LogP contribution < -0.4 is 5.32 Å². The Kier molecular flexibility index (Phi) is 7.58. The average molecular weight is 470 g/mol. The maximum absolute atomic E-state index is 12.7. The van der Waals surface area contributed by atoms with Crippen molar-refractivity contribution in [2.45, 2.75) is 24.4 Å². The second-order valence-corrected chi connectivity index (χ2v) is 9.73. The predicted octanol–water partition coefficient (Wildman–Crippen LogP) is 2.68. The molecule has 0 spiro atoms. The zero-order valence-electron chi connectivity index (χ0n) is 17.7. The van der Waals surface area contributed by atoms with Gasteiger partial charge in [0, 0.05) is 32.7 Å². The Morgan fingerprint density at radius 3 is 2.12 bits per heavy atom. The lowest BCUT2D eigenvalue weighted by Crippen LogP contribution is -2.51. The number of nitrogens with zero attached hydrogens (tertiary/aromatic N) is 2. The molecule has 0 bridgehead atoms. The molecule has 1 amide bonds. The van der Waals surface area contributed by atoms with Crippen molar-refractivity contribution in [2.75, 3.05) is 39.3 Å². The number of alkyl halides is 3. The highest BCUT2D eigenvalue weighted by Crippen LogP contribution is 2.29. The molecular formula is C22H26F3N3O3S. The summed E-state index contributed by atoms with van der Waals surface area (Å²) in [5, 5.41) is 2.76. The molecule has 0 aromatic heterocycles. The zero-order chi connectivity index (χ0) is 23.4. The maximum Gasteiger partial charge on any atom is 0.416 e. The molecule has 1 saturated heterocycles. The first-order valence-corrected chi connectivity index (χ1v) is 11.7. The molecule has 1 aliphatic rings. The van der Waals surface area contributed by atoms with Crippen LogP contribution in [0.25, 0.3) is 0 Å². The van der Waals surface area contributed by atoms with E-state index < -0.39 is 21.8 Å². The van der Waals surface area contributed by atoms with Crippen LogP contribution in [0.2, 0.25) is 0 Å². The van der Waals surface area contributed by atoms with Crippen LogP contribution in [-0.4, -0.2) is 62.8 Å². The van der Waals surface area contributed by atoms with Gasteiger partial charge in [-0.05, 0) is 43.2 Å². The van der Waals surface area contributed by atoms with Gasteiger partial charge in [-0.25, -0.2) is 8.42 Å². The van der Waals surface area contributed by atoms with Crippen LogP contribution in [0, 0.1) is 6.92 Å². The minimum Gasteiger partial charge on any atom is -0.355 e. The summed E-state index contributed by atoms with van der Waals surface area (Å²) < 4.78 is 64.7. The number of benzene rings is 2. The molecule has 32 heavy (non-hydrogen) atoms. The molecule has 1 fully saturated rings. The third kappa shape index (κ3) is 6.30. The van der Waals surface area contributed by atoms with E-state index in [1.807, 2.05) is 11.8 Å². The number of sulfonamides is 1. The standard InChI is InChI=1S/C22H26F3N3O3S/c1-17-2-8-20(9-3-17)32(30,31)28-14-12-27(13-15-28)16-21(29)26-11-10-18-4-6-19(7-5-18)22(23,24)25/h2-9H,10-16H2,1H3,(H,26,29). The third-order valence-electron chi connectivity index (χ3n) is 5.37. The number of piperazine rings is 1. The van der Waals surface area contributed by atoms with E-state index in [0.29, 0.717) is 44.7 Å². The Balaban J connectivity index is 1.41. The Morgan fingerprint density at radius 1 is 0.969 bits per heavy atom. The van der Waals surface area contributed by atoms with Crippen molar-refractivity contribution in [3.8, 4) is 0 Å². The van der Waals surface area contributed by atoms with Crippen LogP contribution >= 0.6 is 0 Å². The van der Waals surface area contributed by atoms with Gasteiger partial charge in [0.1, 0.15) is 0 Å². The monoisotopic (exact) mass is 469 g/mol. The summed E-state index contributed by atoms with van der Waals surface area (Å²) in [5.74, 6) is -0.202. The lowest BCUT2D eigenvalue weighted by molar-refractivity contribution is -0.137. The quantitative estimate of drug-likeness (QED) is 0.677. The first-order chi connectivity index (χ1) is 15.1. The third-order valence-corrected chi connectivity index (χ3v) is 7.29. The van der Waals surface area contributed by atoms with Gasteiger partial charge in [0.15, 0.2) is 0 Å². The molecule has 0 atom stereocenters. The van der Waals surface area contributed by atoms with Gasteiger partial charge in [0.05, 0.1) is 17.0 Å². The molecule has 1 aliphatic heterocycles. The molecule has 174 valence electrons. The van der Waals surface area contributed by atoms with Crippen molar-refractivity contribution < 1.29 is 26.4 Å². The van der Waals surface area contributed by atoms with Gasteiger partial charge >= 0.3 is 6.18 Å². The van der Waals surface area contributed by atoms with E-state index >= 15 is 0 Å². The zero-order valence-corrected chi connectivity index (χ0v) is 18.5. The minimum absolute atomic E-state index is 0.144. The van der Waals surface area contributed by atoms with Crippen LogP contribution in [0.15, 0.2) is 53.4 Å². The summed E-state index contributed by atoms with van der Waals surface area (Å²) in [4.78, 5) is 14.3. The van der Waals surface area contributed by atoms with Crippen molar-refractivity contribution in [3.05, 3.63) is 65.2 Å². The average Bonchev–Trinajstić information content (AvgIpc) is 2.74. The predicted molar refractivity (Wildman–Crippen MR) is 115 cm³/mol. The Morgan fingerprint density at radius 2 is 1.56 bits per heavy atom. The number of rotatable bonds is 7. The Labute approximate surface area is 186 Å². The van der Waals surface area contributed by atoms with Gasteiger partial charge in [-0.3, -0.25) is 9.69 Å². The van der Waals surface area contributed by atoms with E-state index in [0.717, 1.165) is 17.7 Å². The van der Waals surface area contributed by atoms with Gasteiger partial charge in [-0.2, -0.15) is 17.5 Å². The van der Waals surface area contributed by atoms with E-state index in [2.05, 4.69) is 5.32 Å². The molecule has 10 heteroatoms. The van der Waals surface area contributed by atoms with E-state index in [4.69, 9.17) is 0 Å². The summed E-state index contributed by atoms with van der Waals surface area (Å²) in [5.41, 5.74) is 0.986. The molecule has 0 radical (unpaired) electrons. The summed E-state index contributed by atoms with van der Waals surface area (Å²) in [6.07, 6.45) is -3.94. The van der Waals surface area contributed by atoms with Gasteiger partial charge < -0.3 is 5.32 Å². The normalized spacial score (nSPS) is 16.1. The van der Waals surface area contributed by atoms with Gasteiger partial charge in [0.2, 0.25) is 15.9 Å². The van der Waals surface area contributed by atoms with Crippen LogP contribution in [0.5, 0.6) is 0 Å². The van der Waals surface area contributed by atoms with Gasteiger partial charge in [-0.1, -0.05) is 29.8 Å². The first-order valence-electron chi connectivity index (χ1n) is 10.3. The maximum atomic E-state index is 12.7. The highest BCUT2D eigenvalue weighted by Gasteiger charge is 2.30. The van der Waals surface area contributed by atoms with Gasteiger partial charge in [-0.15, -0.1) is 0 Å². The smallest absolute Gasteiger partial charge is 0.355 e. The lowest BCUT2D eigenvalue weighted by atomic mass is 10.1. The fraction of sp³-hybridized carbons (Fsp3) is 0.409. The molecule has 2 aromatic rings. The molecule has 1 heterocycles. The minimum atomic E-state index is -4.36. The number of nitrogens with one attached hydrogen (secondary N) is 1. The first kappa shape index (κ1) is 24.2. The summed E-state index contributed by atoms with van der Waals surface area (Å²) in [7, 11) is -3.55. The highest BCUT2D eigenvalue weighted by atomic mass is 32.2. The summed E-state index contributed by atoms with van der Waals surface area (Å²) >= 11 is 0. The Bertz CT molecular complexity index is 1020. The van der Waals surface area contributed by atoms with Crippen molar-refractivity contribution in [2.24, 2.45) is 0 Å². The fourth-order valence-corrected chi connectivity index (χ4v) is 4.88. The summed E-state index contributed by atoms with van der Waals surface area (Å²) in [6.45, 7) is 3.83. The molecular weight excluding hydrogens is 443 g/mol. The molecule has 3 rings (SSSR count). The van der Waals surface area contributed by atoms with Crippen LogP contribution in [-0.2, 0) is 27.4 Å². The SMILES string of the molecule is Cc1ccc(S(=O)(=O)N2CCN(CC(=O)NCCc3ccc(C(F)(F)F)cc3)CC2)cc1. The molecule has 0 saturated carbocycles. The largest absolute Gasteiger partial charge is 0.416 e. The molecule has 0 aliphatic carbocycles. The second-order valence-electron chi connectivity index (χ2n) is 7.79. The van der Waals surface area contributed by atoms with Crippen molar-refractivity contribution in [1.82, 2.24) is 14.5 Å². The Hall–Kier alpha value is -2.43. The van der Waals surface area contributed by atoms with Crippen molar-refractivity contribution in [3.63, 3.8) is 0 Å². The van der Waals surface area contributed by atoms with E-state index in [1.165, 1.54) is 16.4 Å². The molecule has 6 nitrogen and oxygen atoms in total. The van der Waals surface area contributed by atoms with Crippen LogP contribution in [0.1, 0.15) is 16.7 Å². The number of aryl methyl sites for hydroxylation is 1. The number of amides is 1. The van der Waals surface area contributed by atoms with Crippen LogP contribution in [0.3, 0.4) is 0 Å². The molecule has 2 aromatic carbocycles. The highest BCUT2D eigenvalue weighted by molar-refractivity contribution is 7.89. The number of hydrogen-bond donors (Lipinski definition) is 1. The topological polar surface area (TPSA) is 69.7 Å². The fourth-order valence-electron chi connectivity index (χ4n) is 3.45. The van der Waals surface area contributed by atoms with Crippen LogP contribution in [0.4, 0.5) is 13.2 Å².